The van der Waals surface area contributed by atoms with Crippen LogP contribution in [0.25, 0.3) is 11.1 Å². The quantitative estimate of drug-likeness (QED) is 0.518. The molecule has 0 saturated carbocycles. The number of benzene rings is 3. The average Bonchev–Trinajstić information content (AvgIpc) is 2.85. The Balaban J connectivity index is 1.50. The Kier molecular flexibility index (Phi) is 7.17. The third-order valence-electron chi connectivity index (χ3n) is 6.19. The number of carbonyl (C=O) groups is 2. The van der Waals surface area contributed by atoms with Gasteiger partial charge in [0, 0.05) is 30.9 Å². The standard InChI is InChI=1S/C27H30N4O2/c28-16-19-6-3-8-20(14-19)21-9-4-10-22(15-21)27(33)30-25-12-2-1-7-23(25)17-31-13-5-11-24(18-31)26(29)32/h1-4,6-10,12,14-15,24H,5,11,13,16-18,28H2,(H2,29,32)(H,30,33). The van der Waals surface area contributed by atoms with E-state index >= 15 is 0 Å². The fraction of sp³-hybridized carbons (Fsp3) is 0.259. The van der Waals surface area contributed by atoms with Crippen LogP contribution < -0.4 is 16.8 Å². The van der Waals surface area contributed by atoms with Crippen LogP contribution in [-0.4, -0.2) is 29.8 Å². The lowest BCUT2D eigenvalue weighted by Gasteiger charge is -2.31. The van der Waals surface area contributed by atoms with Gasteiger partial charge in [-0.1, -0.05) is 48.5 Å². The van der Waals surface area contributed by atoms with Gasteiger partial charge in [0.25, 0.3) is 5.91 Å². The smallest absolute Gasteiger partial charge is 0.255 e. The molecule has 6 nitrogen and oxygen atoms in total. The van der Waals surface area contributed by atoms with Crippen LogP contribution in [0, 0.1) is 5.92 Å². The molecule has 33 heavy (non-hydrogen) atoms. The Hall–Kier alpha value is -3.48. The summed E-state index contributed by atoms with van der Waals surface area (Å²) in [7, 11) is 0. The molecule has 0 spiro atoms. The summed E-state index contributed by atoms with van der Waals surface area (Å²) in [6.07, 6.45) is 1.79. The van der Waals surface area contributed by atoms with E-state index in [4.69, 9.17) is 11.5 Å². The molecule has 4 rings (SSSR count). The maximum Gasteiger partial charge on any atom is 0.255 e. The first-order chi connectivity index (χ1) is 16.0. The van der Waals surface area contributed by atoms with Crippen LogP contribution in [0.1, 0.15) is 34.3 Å². The second-order valence-electron chi connectivity index (χ2n) is 8.57. The van der Waals surface area contributed by atoms with Crippen molar-refractivity contribution < 1.29 is 9.59 Å². The summed E-state index contributed by atoms with van der Waals surface area (Å²) in [5.41, 5.74) is 16.7. The molecule has 2 amide bonds. The first kappa shape index (κ1) is 22.7. The van der Waals surface area contributed by atoms with Crippen molar-refractivity contribution in [3.8, 4) is 11.1 Å². The molecule has 1 atom stereocenters. The van der Waals surface area contributed by atoms with Gasteiger partial charge in [0.15, 0.2) is 0 Å². The van der Waals surface area contributed by atoms with Crippen molar-refractivity contribution in [3.63, 3.8) is 0 Å². The second-order valence-corrected chi connectivity index (χ2v) is 8.57. The molecule has 1 saturated heterocycles. The van der Waals surface area contributed by atoms with Crippen LogP contribution in [0.3, 0.4) is 0 Å². The minimum absolute atomic E-state index is 0.110. The van der Waals surface area contributed by atoms with Gasteiger partial charge in [0.2, 0.25) is 5.91 Å². The molecule has 1 aliphatic rings. The number of nitrogens with zero attached hydrogens (tertiary/aromatic N) is 1. The Morgan fingerprint density at radius 1 is 0.970 bits per heavy atom. The van der Waals surface area contributed by atoms with Gasteiger partial charge < -0.3 is 16.8 Å². The van der Waals surface area contributed by atoms with Crippen molar-refractivity contribution in [3.05, 3.63) is 89.5 Å². The summed E-state index contributed by atoms with van der Waals surface area (Å²) in [5.74, 6) is -0.507. The number of rotatable bonds is 7. The molecule has 0 aromatic heterocycles. The van der Waals surface area contributed by atoms with Crippen molar-refractivity contribution in [1.82, 2.24) is 4.90 Å². The fourth-order valence-corrected chi connectivity index (χ4v) is 4.36. The van der Waals surface area contributed by atoms with Crippen molar-refractivity contribution in [1.29, 1.82) is 0 Å². The van der Waals surface area contributed by atoms with Gasteiger partial charge >= 0.3 is 0 Å². The van der Waals surface area contributed by atoms with E-state index in [1.54, 1.807) is 0 Å². The molecule has 3 aromatic rings. The number of hydrogen-bond donors (Lipinski definition) is 3. The van der Waals surface area contributed by atoms with Crippen LogP contribution in [0.5, 0.6) is 0 Å². The number of anilines is 1. The van der Waals surface area contributed by atoms with Gasteiger partial charge in [-0.15, -0.1) is 0 Å². The maximum atomic E-state index is 13.1. The third-order valence-corrected chi connectivity index (χ3v) is 6.19. The highest BCUT2D eigenvalue weighted by atomic mass is 16.2. The topological polar surface area (TPSA) is 101 Å². The molecule has 1 fully saturated rings. The minimum Gasteiger partial charge on any atom is -0.369 e. The molecule has 1 aliphatic heterocycles. The van der Waals surface area contributed by atoms with E-state index in [0.717, 1.165) is 47.3 Å². The molecule has 0 aliphatic carbocycles. The Labute approximate surface area is 194 Å². The van der Waals surface area contributed by atoms with Crippen LogP contribution in [0.15, 0.2) is 72.8 Å². The van der Waals surface area contributed by atoms with Crippen molar-refractivity contribution in [2.75, 3.05) is 18.4 Å². The number of primary amides is 1. The van der Waals surface area contributed by atoms with E-state index in [2.05, 4.69) is 10.2 Å². The molecule has 1 unspecified atom stereocenters. The normalized spacial score (nSPS) is 16.3. The van der Waals surface area contributed by atoms with E-state index in [9.17, 15) is 9.59 Å². The highest BCUT2D eigenvalue weighted by Crippen LogP contribution is 2.25. The van der Waals surface area contributed by atoms with E-state index in [-0.39, 0.29) is 17.7 Å². The number of hydrogen-bond acceptors (Lipinski definition) is 4. The number of para-hydroxylation sites is 1. The zero-order valence-corrected chi connectivity index (χ0v) is 18.7. The number of piperidine rings is 1. The van der Waals surface area contributed by atoms with Gasteiger partial charge in [0.1, 0.15) is 0 Å². The molecule has 1 heterocycles. The van der Waals surface area contributed by atoms with Crippen LogP contribution in [0.4, 0.5) is 5.69 Å². The summed E-state index contributed by atoms with van der Waals surface area (Å²) in [6.45, 7) is 2.70. The lowest BCUT2D eigenvalue weighted by Crippen LogP contribution is -2.40. The maximum absolute atomic E-state index is 13.1. The lowest BCUT2D eigenvalue weighted by molar-refractivity contribution is -0.123. The Bertz CT molecular complexity index is 1140. The summed E-state index contributed by atoms with van der Waals surface area (Å²) in [5, 5.41) is 3.07. The second kappa shape index (κ2) is 10.4. The minimum atomic E-state index is -0.238. The number of nitrogens with one attached hydrogen (secondary N) is 1. The fourth-order valence-electron chi connectivity index (χ4n) is 4.36. The number of likely N-dealkylation sites (tertiary alicyclic amines) is 1. The zero-order chi connectivity index (χ0) is 23.2. The predicted octanol–water partition coefficient (Wildman–Crippen LogP) is 3.76. The monoisotopic (exact) mass is 442 g/mol. The first-order valence-electron chi connectivity index (χ1n) is 11.3. The van der Waals surface area contributed by atoms with Crippen molar-refractivity contribution in [2.45, 2.75) is 25.9 Å². The van der Waals surface area contributed by atoms with E-state index in [1.807, 2.05) is 72.8 Å². The lowest BCUT2D eigenvalue weighted by atomic mass is 9.97. The summed E-state index contributed by atoms with van der Waals surface area (Å²) in [6, 6.07) is 23.4. The largest absolute Gasteiger partial charge is 0.369 e. The molecular weight excluding hydrogens is 412 g/mol. The van der Waals surface area contributed by atoms with Gasteiger partial charge in [0.05, 0.1) is 5.92 Å². The molecular formula is C27H30N4O2. The first-order valence-corrected chi connectivity index (χ1v) is 11.3. The Morgan fingerprint density at radius 2 is 1.73 bits per heavy atom. The number of carbonyl (C=O) groups excluding carboxylic acids is 2. The van der Waals surface area contributed by atoms with Gasteiger partial charge in [-0.2, -0.15) is 0 Å². The molecule has 6 heteroatoms. The molecule has 170 valence electrons. The van der Waals surface area contributed by atoms with E-state index in [1.165, 1.54) is 0 Å². The molecule has 3 aromatic carbocycles. The Morgan fingerprint density at radius 3 is 2.52 bits per heavy atom. The number of nitrogens with two attached hydrogens (primary N) is 2. The molecule has 5 N–H and O–H groups in total. The van der Waals surface area contributed by atoms with E-state index in [0.29, 0.717) is 25.2 Å². The highest BCUT2D eigenvalue weighted by molar-refractivity contribution is 6.05. The highest BCUT2D eigenvalue weighted by Gasteiger charge is 2.24. The van der Waals surface area contributed by atoms with Gasteiger partial charge in [-0.25, -0.2) is 0 Å². The van der Waals surface area contributed by atoms with Crippen LogP contribution >= 0.6 is 0 Å². The predicted molar refractivity (Wildman–Crippen MR) is 131 cm³/mol. The molecule has 0 radical (unpaired) electrons. The van der Waals surface area contributed by atoms with E-state index < -0.39 is 0 Å². The third kappa shape index (κ3) is 5.66. The van der Waals surface area contributed by atoms with Crippen LogP contribution in [-0.2, 0) is 17.9 Å². The number of amides is 2. The summed E-state index contributed by atoms with van der Waals surface area (Å²) in [4.78, 5) is 27.0. The summed E-state index contributed by atoms with van der Waals surface area (Å²) >= 11 is 0. The average molecular weight is 443 g/mol. The molecule has 0 bridgehead atoms. The zero-order valence-electron chi connectivity index (χ0n) is 18.7. The summed E-state index contributed by atoms with van der Waals surface area (Å²) < 4.78 is 0. The van der Waals surface area contributed by atoms with Crippen molar-refractivity contribution in [2.24, 2.45) is 17.4 Å². The SMILES string of the molecule is NCc1cccc(-c2cccc(C(=O)Nc3ccccc3CN3CCCC(C(N)=O)C3)c2)c1. The van der Waals surface area contributed by atoms with Crippen LogP contribution in [0.2, 0.25) is 0 Å². The van der Waals surface area contributed by atoms with Crippen molar-refractivity contribution >= 4 is 17.5 Å². The van der Waals surface area contributed by atoms with Gasteiger partial charge in [-0.05, 0) is 65.9 Å². The van der Waals surface area contributed by atoms with Gasteiger partial charge in [-0.3, -0.25) is 14.5 Å².